The van der Waals surface area contributed by atoms with E-state index in [0.29, 0.717) is 12.1 Å². The lowest BCUT2D eigenvalue weighted by atomic mass is 10.2. The van der Waals surface area contributed by atoms with Gasteiger partial charge in [-0.05, 0) is 41.5 Å². The summed E-state index contributed by atoms with van der Waals surface area (Å²) < 4.78 is 19.3. The second kappa shape index (κ2) is 8.27. The fraction of sp³-hybridized carbons (Fsp3) is 0.150. The minimum Gasteiger partial charge on any atom is -0.497 e. The molecule has 1 amide bonds. The van der Waals surface area contributed by atoms with Crippen molar-refractivity contribution in [2.75, 3.05) is 7.11 Å². The van der Waals surface area contributed by atoms with E-state index in [2.05, 4.69) is 10.4 Å². The Bertz CT molecular complexity index is 983. The number of benzene rings is 2. The molecule has 7 heteroatoms. The van der Waals surface area contributed by atoms with E-state index in [4.69, 9.17) is 4.74 Å². The predicted molar refractivity (Wildman–Crippen MR) is 98.2 cm³/mol. The first-order valence-electron chi connectivity index (χ1n) is 8.29. The fourth-order valence-corrected chi connectivity index (χ4v) is 2.46. The van der Waals surface area contributed by atoms with Gasteiger partial charge in [-0.3, -0.25) is 9.59 Å². The van der Waals surface area contributed by atoms with Crippen LogP contribution in [0.2, 0.25) is 0 Å². The first-order chi connectivity index (χ1) is 13.0. The Hall–Kier alpha value is -3.48. The van der Waals surface area contributed by atoms with Crippen molar-refractivity contribution in [1.82, 2.24) is 15.1 Å². The van der Waals surface area contributed by atoms with Gasteiger partial charge in [-0.25, -0.2) is 9.07 Å². The Morgan fingerprint density at radius 3 is 2.37 bits per heavy atom. The van der Waals surface area contributed by atoms with Crippen LogP contribution in [0.25, 0.3) is 0 Å². The molecule has 0 saturated heterocycles. The third-order valence-corrected chi connectivity index (χ3v) is 3.96. The molecule has 0 radical (unpaired) electrons. The minimum atomic E-state index is -0.390. The number of halogens is 1. The molecule has 0 aliphatic rings. The molecule has 0 atom stereocenters. The number of carbonyl (C=O) groups excluding carboxylic acids is 1. The normalized spacial score (nSPS) is 10.4. The summed E-state index contributed by atoms with van der Waals surface area (Å²) in [6.45, 7) is 0.473. The highest BCUT2D eigenvalue weighted by atomic mass is 19.1. The molecule has 1 heterocycles. The standard InChI is InChI=1S/C20H18FN3O3/c1-27-17-8-4-14(5-9-17)12-22-20(26)18-10-11-19(25)24(23-18)13-15-2-6-16(21)7-3-15/h2-11H,12-13H2,1H3,(H,22,26). The van der Waals surface area contributed by atoms with E-state index in [-0.39, 0.29) is 23.6 Å². The molecule has 0 fully saturated rings. The molecule has 6 nitrogen and oxygen atoms in total. The van der Waals surface area contributed by atoms with Crippen LogP contribution in [0.15, 0.2) is 65.5 Å². The Morgan fingerprint density at radius 2 is 1.70 bits per heavy atom. The Balaban J connectivity index is 1.69. The van der Waals surface area contributed by atoms with Gasteiger partial charge in [-0.2, -0.15) is 5.10 Å². The largest absolute Gasteiger partial charge is 0.497 e. The van der Waals surface area contributed by atoms with Crippen LogP contribution in [0.1, 0.15) is 21.6 Å². The number of ether oxygens (including phenoxy) is 1. The number of amides is 1. The van der Waals surface area contributed by atoms with Crippen molar-refractivity contribution in [2.45, 2.75) is 13.1 Å². The molecule has 0 unspecified atom stereocenters. The van der Waals surface area contributed by atoms with Crippen molar-refractivity contribution >= 4 is 5.91 Å². The van der Waals surface area contributed by atoms with Gasteiger partial charge in [0.15, 0.2) is 0 Å². The summed E-state index contributed by atoms with van der Waals surface area (Å²) in [5.74, 6) is -0.0102. The molecule has 0 bridgehead atoms. The Morgan fingerprint density at radius 1 is 1.04 bits per heavy atom. The summed E-state index contributed by atoms with van der Waals surface area (Å²) in [4.78, 5) is 24.3. The monoisotopic (exact) mass is 367 g/mol. The Labute approximate surface area is 155 Å². The fourth-order valence-electron chi connectivity index (χ4n) is 2.46. The van der Waals surface area contributed by atoms with Crippen LogP contribution in [0, 0.1) is 5.82 Å². The van der Waals surface area contributed by atoms with Gasteiger partial charge in [-0.1, -0.05) is 24.3 Å². The van der Waals surface area contributed by atoms with Gasteiger partial charge in [0, 0.05) is 12.6 Å². The van der Waals surface area contributed by atoms with Crippen LogP contribution < -0.4 is 15.6 Å². The van der Waals surface area contributed by atoms with Crippen LogP contribution in [0.3, 0.4) is 0 Å². The van der Waals surface area contributed by atoms with E-state index in [0.717, 1.165) is 11.3 Å². The van der Waals surface area contributed by atoms with E-state index >= 15 is 0 Å². The average molecular weight is 367 g/mol. The zero-order valence-electron chi connectivity index (χ0n) is 14.7. The number of hydrogen-bond acceptors (Lipinski definition) is 4. The summed E-state index contributed by atoms with van der Waals surface area (Å²) in [6.07, 6.45) is 0. The molecule has 3 aromatic rings. The maximum Gasteiger partial charge on any atom is 0.271 e. The summed E-state index contributed by atoms with van der Waals surface area (Å²) >= 11 is 0. The second-order valence-corrected chi connectivity index (χ2v) is 5.87. The Kier molecular flexibility index (Phi) is 5.61. The van der Waals surface area contributed by atoms with Crippen molar-refractivity contribution in [2.24, 2.45) is 0 Å². The highest BCUT2D eigenvalue weighted by Crippen LogP contribution is 2.11. The maximum absolute atomic E-state index is 13.0. The third kappa shape index (κ3) is 4.78. The van der Waals surface area contributed by atoms with Crippen molar-refractivity contribution in [3.8, 4) is 5.75 Å². The highest BCUT2D eigenvalue weighted by Gasteiger charge is 2.10. The molecule has 27 heavy (non-hydrogen) atoms. The molecule has 0 aliphatic carbocycles. The maximum atomic E-state index is 13.0. The lowest BCUT2D eigenvalue weighted by Crippen LogP contribution is -2.29. The predicted octanol–water partition coefficient (Wildman–Crippen LogP) is 2.37. The highest BCUT2D eigenvalue weighted by molar-refractivity contribution is 5.91. The second-order valence-electron chi connectivity index (χ2n) is 5.87. The van der Waals surface area contributed by atoms with Crippen LogP contribution >= 0.6 is 0 Å². The third-order valence-electron chi connectivity index (χ3n) is 3.96. The molecule has 1 aromatic heterocycles. The van der Waals surface area contributed by atoms with E-state index in [1.165, 1.54) is 28.9 Å². The van der Waals surface area contributed by atoms with E-state index in [9.17, 15) is 14.0 Å². The van der Waals surface area contributed by atoms with Crippen molar-refractivity contribution in [1.29, 1.82) is 0 Å². The number of rotatable bonds is 6. The van der Waals surface area contributed by atoms with Crippen LogP contribution in [0.5, 0.6) is 5.75 Å². The number of nitrogens with zero attached hydrogens (tertiary/aromatic N) is 2. The average Bonchev–Trinajstić information content (AvgIpc) is 2.70. The van der Waals surface area contributed by atoms with Gasteiger partial charge in [0.25, 0.3) is 11.5 Å². The zero-order chi connectivity index (χ0) is 19.2. The summed E-state index contributed by atoms with van der Waals surface area (Å²) in [7, 11) is 1.59. The number of carbonyl (C=O) groups is 1. The van der Waals surface area contributed by atoms with Gasteiger partial charge in [0.2, 0.25) is 0 Å². The molecule has 1 N–H and O–H groups in total. The molecular weight excluding hydrogens is 349 g/mol. The lowest BCUT2D eigenvalue weighted by molar-refractivity contribution is 0.0943. The molecule has 0 aliphatic heterocycles. The zero-order valence-corrected chi connectivity index (χ0v) is 14.7. The first kappa shape index (κ1) is 18.3. The van der Waals surface area contributed by atoms with Gasteiger partial charge in [0.1, 0.15) is 17.3 Å². The number of hydrogen-bond donors (Lipinski definition) is 1. The lowest BCUT2D eigenvalue weighted by Gasteiger charge is -2.08. The quantitative estimate of drug-likeness (QED) is 0.726. The molecule has 0 spiro atoms. The van der Waals surface area contributed by atoms with E-state index in [1.54, 1.807) is 19.2 Å². The smallest absolute Gasteiger partial charge is 0.271 e. The van der Waals surface area contributed by atoms with E-state index < -0.39 is 5.91 Å². The van der Waals surface area contributed by atoms with Crippen LogP contribution in [-0.4, -0.2) is 22.8 Å². The minimum absolute atomic E-state index is 0.130. The number of nitrogens with one attached hydrogen (secondary N) is 1. The van der Waals surface area contributed by atoms with Crippen LogP contribution in [0.4, 0.5) is 4.39 Å². The first-order valence-corrected chi connectivity index (χ1v) is 8.29. The molecule has 138 valence electrons. The van der Waals surface area contributed by atoms with Gasteiger partial charge >= 0.3 is 0 Å². The molecule has 0 saturated carbocycles. The molecule has 3 rings (SSSR count). The summed E-state index contributed by atoms with van der Waals surface area (Å²) in [6, 6.07) is 15.7. The summed E-state index contributed by atoms with van der Waals surface area (Å²) in [5, 5.41) is 6.87. The number of aromatic nitrogens is 2. The summed E-state index contributed by atoms with van der Waals surface area (Å²) in [5.41, 5.74) is 1.40. The van der Waals surface area contributed by atoms with Crippen molar-refractivity contribution in [3.05, 3.63) is 93.7 Å². The van der Waals surface area contributed by atoms with Gasteiger partial charge in [-0.15, -0.1) is 0 Å². The van der Waals surface area contributed by atoms with E-state index in [1.807, 2.05) is 24.3 Å². The number of methoxy groups -OCH3 is 1. The SMILES string of the molecule is COc1ccc(CNC(=O)c2ccc(=O)n(Cc3ccc(F)cc3)n2)cc1. The molecule has 2 aromatic carbocycles. The van der Waals surface area contributed by atoms with Crippen molar-refractivity contribution < 1.29 is 13.9 Å². The van der Waals surface area contributed by atoms with Crippen molar-refractivity contribution in [3.63, 3.8) is 0 Å². The van der Waals surface area contributed by atoms with Gasteiger partial charge < -0.3 is 10.1 Å². The molecular formula is C20H18FN3O3. The van der Waals surface area contributed by atoms with Gasteiger partial charge in [0.05, 0.1) is 13.7 Å². The topological polar surface area (TPSA) is 73.2 Å². The van der Waals surface area contributed by atoms with Crippen LogP contribution in [-0.2, 0) is 13.1 Å².